The van der Waals surface area contributed by atoms with Gasteiger partial charge in [-0.1, -0.05) is 17.7 Å². The summed E-state index contributed by atoms with van der Waals surface area (Å²) in [6.07, 6.45) is 5.24. The highest BCUT2D eigenvalue weighted by Crippen LogP contribution is 2.26. The minimum atomic E-state index is 0.621. The molecule has 16 heavy (non-hydrogen) atoms. The van der Waals surface area contributed by atoms with Crippen LogP contribution in [0.4, 0.5) is 5.69 Å². The Kier molecular flexibility index (Phi) is 2.60. The molecule has 0 amide bonds. The van der Waals surface area contributed by atoms with E-state index < -0.39 is 0 Å². The average molecular weight is 216 g/mol. The number of hydrogen-bond donors (Lipinski definition) is 2. The van der Waals surface area contributed by atoms with E-state index in [0.717, 1.165) is 12.6 Å². The average Bonchev–Trinajstić information content (AvgIpc) is 3.10. The molecule has 1 heterocycles. The predicted octanol–water partition coefficient (Wildman–Crippen LogP) is 2.47. The Morgan fingerprint density at radius 1 is 1.31 bits per heavy atom. The van der Waals surface area contributed by atoms with Crippen molar-refractivity contribution in [2.45, 2.75) is 44.7 Å². The van der Waals surface area contributed by atoms with E-state index in [1.54, 1.807) is 0 Å². The number of hydrogen-bond acceptors (Lipinski definition) is 2. The van der Waals surface area contributed by atoms with Gasteiger partial charge in [0.1, 0.15) is 0 Å². The van der Waals surface area contributed by atoms with Crippen LogP contribution >= 0.6 is 0 Å². The van der Waals surface area contributed by atoms with Crippen LogP contribution in [0.15, 0.2) is 18.2 Å². The van der Waals surface area contributed by atoms with E-state index in [9.17, 15) is 0 Å². The van der Waals surface area contributed by atoms with Crippen molar-refractivity contribution in [3.63, 3.8) is 0 Å². The molecule has 0 saturated heterocycles. The van der Waals surface area contributed by atoms with Crippen LogP contribution in [0, 0.1) is 6.92 Å². The lowest BCUT2D eigenvalue weighted by Gasteiger charge is -2.27. The molecule has 0 bridgehead atoms. The van der Waals surface area contributed by atoms with Gasteiger partial charge in [0.25, 0.3) is 0 Å². The maximum absolute atomic E-state index is 3.64. The topological polar surface area (TPSA) is 24.1 Å². The first-order valence-electron chi connectivity index (χ1n) is 6.41. The van der Waals surface area contributed by atoms with Crippen LogP contribution in [0.25, 0.3) is 0 Å². The zero-order valence-corrected chi connectivity index (χ0v) is 9.92. The molecule has 1 aromatic rings. The summed E-state index contributed by atoms with van der Waals surface area (Å²) < 4.78 is 0. The van der Waals surface area contributed by atoms with Crippen molar-refractivity contribution in [3.05, 3.63) is 29.3 Å². The maximum atomic E-state index is 3.64. The lowest BCUT2D eigenvalue weighted by Crippen LogP contribution is -2.36. The van der Waals surface area contributed by atoms with Crippen molar-refractivity contribution < 1.29 is 0 Å². The van der Waals surface area contributed by atoms with Crippen LogP contribution in [-0.2, 0) is 6.42 Å². The molecule has 0 spiro atoms. The highest BCUT2D eigenvalue weighted by molar-refractivity contribution is 5.55. The molecule has 1 saturated carbocycles. The highest BCUT2D eigenvalue weighted by atomic mass is 15.0. The molecule has 1 aliphatic heterocycles. The molecule has 0 aromatic heterocycles. The molecule has 2 nitrogen and oxygen atoms in total. The largest absolute Gasteiger partial charge is 0.381 e. The second-order valence-electron chi connectivity index (χ2n) is 5.22. The first-order valence-corrected chi connectivity index (χ1v) is 6.41. The monoisotopic (exact) mass is 216 g/mol. The fraction of sp³-hybridized carbons (Fsp3) is 0.571. The Labute approximate surface area is 97.4 Å². The normalized spacial score (nSPS) is 23.7. The molecule has 1 atom stereocenters. The SMILES string of the molecule is Cc1ccc2c(c1)CCC(CNC1CC1)N2. The van der Waals surface area contributed by atoms with Gasteiger partial charge in [-0.05, 0) is 44.2 Å². The van der Waals surface area contributed by atoms with Crippen molar-refractivity contribution >= 4 is 5.69 Å². The molecule has 2 aliphatic rings. The first-order chi connectivity index (χ1) is 7.81. The van der Waals surface area contributed by atoms with E-state index >= 15 is 0 Å². The van der Waals surface area contributed by atoms with Gasteiger partial charge in [0, 0.05) is 24.3 Å². The number of aryl methyl sites for hydroxylation is 2. The summed E-state index contributed by atoms with van der Waals surface area (Å²) in [5, 5.41) is 7.25. The van der Waals surface area contributed by atoms with Gasteiger partial charge in [0.15, 0.2) is 0 Å². The lowest BCUT2D eigenvalue weighted by molar-refractivity contribution is 0.557. The molecule has 1 aromatic carbocycles. The summed E-state index contributed by atoms with van der Waals surface area (Å²) in [4.78, 5) is 0. The fourth-order valence-electron chi connectivity index (χ4n) is 2.44. The number of benzene rings is 1. The number of rotatable bonds is 3. The molecule has 86 valence electrons. The first kappa shape index (κ1) is 10.2. The van der Waals surface area contributed by atoms with Gasteiger partial charge in [-0.25, -0.2) is 0 Å². The Hall–Kier alpha value is -1.02. The zero-order valence-electron chi connectivity index (χ0n) is 9.92. The van der Waals surface area contributed by atoms with Crippen LogP contribution in [0.1, 0.15) is 30.4 Å². The molecule has 1 aliphatic carbocycles. The van der Waals surface area contributed by atoms with Crippen molar-refractivity contribution in [1.29, 1.82) is 0 Å². The van der Waals surface area contributed by atoms with E-state index in [1.165, 1.54) is 42.5 Å². The quantitative estimate of drug-likeness (QED) is 0.811. The summed E-state index contributed by atoms with van der Waals surface area (Å²) >= 11 is 0. The third kappa shape index (κ3) is 2.22. The Bertz CT molecular complexity index is 382. The molecule has 1 fully saturated rings. The van der Waals surface area contributed by atoms with Gasteiger partial charge >= 0.3 is 0 Å². The Morgan fingerprint density at radius 3 is 3.00 bits per heavy atom. The molecule has 2 N–H and O–H groups in total. The molecule has 0 radical (unpaired) electrons. The molecular weight excluding hydrogens is 196 g/mol. The number of fused-ring (bicyclic) bond motifs is 1. The van der Waals surface area contributed by atoms with Crippen LogP contribution in [-0.4, -0.2) is 18.6 Å². The van der Waals surface area contributed by atoms with Gasteiger partial charge in [-0.3, -0.25) is 0 Å². The summed E-state index contributed by atoms with van der Waals surface area (Å²) in [5.74, 6) is 0. The fourth-order valence-corrected chi connectivity index (χ4v) is 2.44. The lowest BCUT2D eigenvalue weighted by atomic mass is 9.96. The van der Waals surface area contributed by atoms with Crippen molar-refractivity contribution in [2.75, 3.05) is 11.9 Å². The van der Waals surface area contributed by atoms with E-state index in [0.29, 0.717) is 6.04 Å². The van der Waals surface area contributed by atoms with Crippen LogP contribution < -0.4 is 10.6 Å². The van der Waals surface area contributed by atoms with Crippen molar-refractivity contribution in [2.24, 2.45) is 0 Å². The van der Waals surface area contributed by atoms with Gasteiger partial charge in [0.2, 0.25) is 0 Å². The summed E-state index contributed by atoms with van der Waals surface area (Å²) in [6, 6.07) is 8.18. The molecule has 3 rings (SSSR count). The van der Waals surface area contributed by atoms with Gasteiger partial charge in [0.05, 0.1) is 0 Å². The minimum Gasteiger partial charge on any atom is -0.381 e. The highest BCUT2D eigenvalue weighted by Gasteiger charge is 2.23. The molecular formula is C14H20N2. The maximum Gasteiger partial charge on any atom is 0.0389 e. The standard InChI is InChI=1S/C14H20N2/c1-10-2-7-14-11(8-10)3-4-13(16-14)9-15-12-5-6-12/h2,7-8,12-13,15-16H,3-6,9H2,1H3. The number of nitrogens with one attached hydrogen (secondary N) is 2. The Balaban J connectivity index is 1.63. The van der Waals surface area contributed by atoms with Crippen LogP contribution in [0.5, 0.6) is 0 Å². The van der Waals surface area contributed by atoms with Crippen LogP contribution in [0.3, 0.4) is 0 Å². The third-order valence-electron chi connectivity index (χ3n) is 3.61. The van der Waals surface area contributed by atoms with E-state index in [1.807, 2.05) is 0 Å². The predicted molar refractivity (Wildman–Crippen MR) is 67.9 cm³/mol. The van der Waals surface area contributed by atoms with Crippen molar-refractivity contribution in [3.8, 4) is 0 Å². The van der Waals surface area contributed by atoms with E-state index in [-0.39, 0.29) is 0 Å². The van der Waals surface area contributed by atoms with Gasteiger partial charge in [-0.15, -0.1) is 0 Å². The second kappa shape index (κ2) is 4.10. The second-order valence-corrected chi connectivity index (χ2v) is 5.22. The molecule has 1 unspecified atom stereocenters. The molecule has 2 heteroatoms. The summed E-state index contributed by atoms with van der Waals surface area (Å²) in [5.41, 5.74) is 4.21. The number of anilines is 1. The van der Waals surface area contributed by atoms with Gasteiger partial charge in [-0.2, -0.15) is 0 Å². The van der Waals surface area contributed by atoms with Crippen molar-refractivity contribution in [1.82, 2.24) is 5.32 Å². The van der Waals surface area contributed by atoms with E-state index in [4.69, 9.17) is 0 Å². The smallest absolute Gasteiger partial charge is 0.0389 e. The van der Waals surface area contributed by atoms with Gasteiger partial charge < -0.3 is 10.6 Å². The van der Waals surface area contributed by atoms with Crippen LogP contribution in [0.2, 0.25) is 0 Å². The summed E-state index contributed by atoms with van der Waals surface area (Å²) in [7, 11) is 0. The Morgan fingerprint density at radius 2 is 2.19 bits per heavy atom. The zero-order chi connectivity index (χ0) is 11.0. The van der Waals surface area contributed by atoms with E-state index in [2.05, 4.69) is 35.8 Å². The summed E-state index contributed by atoms with van der Waals surface area (Å²) in [6.45, 7) is 3.29. The third-order valence-corrected chi connectivity index (χ3v) is 3.61. The minimum absolute atomic E-state index is 0.621.